The van der Waals surface area contributed by atoms with Gasteiger partial charge in [0.25, 0.3) is 11.1 Å². The highest BCUT2D eigenvalue weighted by Gasteiger charge is 2.35. The highest BCUT2D eigenvalue weighted by Crippen LogP contribution is 2.34. The van der Waals surface area contributed by atoms with Crippen LogP contribution < -0.4 is 4.74 Å². The molecule has 0 radical (unpaired) electrons. The van der Waals surface area contributed by atoms with Crippen molar-refractivity contribution in [2.24, 2.45) is 0 Å². The van der Waals surface area contributed by atoms with Gasteiger partial charge in [0.05, 0.1) is 11.4 Å². The number of rotatable bonds is 6. The van der Waals surface area contributed by atoms with E-state index in [1.807, 2.05) is 6.07 Å². The van der Waals surface area contributed by atoms with Crippen molar-refractivity contribution >= 4 is 40.6 Å². The van der Waals surface area contributed by atoms with Crippen molar-refractivity contribution in [3.8, 4) is 5.75 Å². The summed E-state index contributed by atoms with van der Waals surface area (Å²) in [6.07, 6.45) is 1.66. The van der Waals surface area contributed by atoms with Gasteiger partial charge < -0.3 is 4.74 Å². The number of hydrogen-bond donors (Lipinski definition) is 0. The Hall–Kier alpha value is -3.09. The Morgan fingerprint density at radius 3 is 2.32 bits per heavy atom. The van der Waals surface area contributed by atoms with Crippen molar-refractivity contribution in [2.45, 2.75) is 13.2 Å². The smallest absolute Gasteiger partial charge is 0.293 e. The second kappa shape index (κ2) is 9.37. The lowest BCUT2D eigenvalue weighted by atomic mass is 10.2. The van der Waals surface area contributed by atoms with Crippen molar-refractivity contribution in [1.29, 1.82) is 0 Å². The summed E-state index contributed by atoms with van der Waals surface area (Å²) < 4.78 is 19.3. The molecular formula is C24H17ClFNO3S. The molecule has 0 spiro atoms. The number of benzene rings is 3. The lowest BCUT2D eigenvalue weighted by molar-refractivity contribution is -0.123. The van der Waals surface area contributed by atoms with E-state index in [-0.39, 0.29) is 30.1 Å². The van der Waals surface area contributed by atoms with Crippen LogP contribution in [0.3, 0.4) is 0 Å². The van der Waals surface area contributed by atoms with Gasteiger partial charge in [0, 0.05) is 10.6 Å². The summed E-state index contributed by atoms with van der Waals surface area (Å²) in [7, 11) is 0. The molecule has 1 aliphatic rings. The van der Waals surface area contributed by atoms with Crippen LogP contribution >= 0.6 is 23.4 Å². The molecule has 0 atom stereocenters. The topological polar surface area (TPSA) is 46.6 Å². The molecule has 0 saturated carbocycles. The monoisotopic (exact) mass is 453 g/mol. The van der Waals surface area contributed by atoms with Crippen LogP contribution in [0.15, 0.2) is 77.7 Å². The molecule has 1 heterocycles. The second-order valence-electron chi connectivity index (χ2n) is 6.81. The first kappa shape index (κ1) is 21.2. The van der Waals surface area contributed by atoms with Crippen molar-refractivity contribution in [3.05, 3.63) is 105 Å². The predicted octanol–water partition coefficient (Wildman–Crippen LogP) is 6.29. The number of amides is 2. The van der Waals surface area contributed by atoms with E-state index in [2.05, 4.69) is 0 Å². The van der Waals surface area contributed by atoms with Crippen LogP contribution in [0.1, 0.15) is 16.7 Å². The number of carbonyl (C=O) groups excluding carboxylic acids is 2. The number of nitrogens with zero attached hydrogens (tertiary/aromatic N) is 1. The Kier molecular flexibility index (Phi) is 6.39. The minimum absolute atomic E-state index is 0.118. The fourth-order valence-corrected chi connectivity index (χ4v) is 4.06. The van der Waals surface area contributed by atoms with Crippen LogP contribution in [-0.2, 0) is 17.9 Å². The maximum atomic E-state index is 13.7. The zero-order valence-electron chi connectivity index (χ0n) is 16.3. The van der Waals surface area contributed by atoms with Crippen molar-refractivity contribution < 1.29 is 18.7 Å². The van der Waals surface area contributed by atoms with Gasteiger partial charge in [-0.3, -0.25) is 14.5 Å². The normalized spacial score (nSPS) is 15.0. The van der Waals surface area contributed by atoms with Crippen LogP contribution in [0.4, 0.5) is 9.18 Å². The van der Waals surface area contributed by atoms with E-state index in [1.54, 1.807) is 66.7 Å². The molecule has 1 fully saturated rings. The van der Waals surface area contributed by atoms with Gasteiger partial charge in [0.1, 0.15) is 18.2 Å². The maximum absolute atomic E-state index is 13.7. The summed E-state index contributed by atoms with van der Waals surface area (Å²) in [6.45, 7) is 0.247. The quantitative estimate of drug-likeness (QED) is 0.411. The summed E-state index contributed by atoms with van der Waals surface area (Å²) in [4.78, 5) is 26.6. The molecule has 3 aromatic carbocycles. The summed E-state index contributed by atoms with van der Waals surface area (Å²) in [5.74, 6) is -0.0892. The molecule has 4 rings (SSSR count). The minimum Gasteiger partial charge on any atom is -0.489 e. The molecule has 0 aromatic heterocycles. The molecule has 0 bridgehead atoms. The first-order chi connectivity index (χ1) is 15.0. The number of halogens is 2. The van der Waals surface area contributed by atoms with Crippen LogP contribution in [-0.4, -0.2) is 16.0 Å². The van der Waals surface area contributed by atoms with E-state index in [9.17, 15) is 14.0 Å². The Morgan fingerprint density at radius 1 is 0.935 bits per heavy atom. The summed E-state index contributed by atoms with van der Waals surface area (Å²) in [5.41, 5.74) is 1.93. The predicted molar refractivity (Wildman–Crippen MR) is 120 cm³/mol. The second-order valence-corrected chi connectivity index (χ2v) is 8.21. The number of imide groups is 1. The number of hydrogen-bond acceptors (Lipinski definition) is 4. The standard InChI is InChI=1S/C24H17ClFNO3S/c25-20-7-3-1-5-17(20)14-27-23(28)22(31-24(27)29)13-16-9-11-19(12-10-16)30-15-18-6-2-4-8-21(18)26/h1-13H,14-15H2/b22-13+. The van der Waals surface area contributed by atoms with E-state index in [4.69, 9.17) is 16.3 Å². The van der Waals surface area contributed by atoms with Crippen molar-refractivity contribution in [1.82, 2.24) is 4.90 Å². The van der Waals surface area contributed by atoms with Crippen LogP contribution in [0, 0.1) is 5.82 Å². The zero-order valence-corrected chi connectivity index (χ0v) is 17.8. The van der Waals surface area contributed by atoms with Gasteiger partial charge in [-0.25, -0.2) is 4.39 Å². The van der Waals surface area contributed by atoms with E-state index in [0.29, 0.717) is 26.8 Å². The molecule has 0 aliphatic carbocycles. The molecule has 2 amide bonds. The first-order valence-corrected chi connectivity index (χ1v) is 10.7. The van der Waals surface area contributed by atoms with Crippen LogP contribution in [0.5, 0.6) is 5.75 Å². The Bertz CT molecular complexity index is 1160. The van der Waals surface area contributed by atoms with Gasteiger partial charge in [-0.2, -0.15) is 0 Å². The van der Waals surface area contributed by atoms with Gasteiger partial charge >= 0.3 is 0 Å². The average Bonchev–Trinajstić information content (AvgIpc) is 3.03. The molecule has 31 heavy (non-hydrogen) atoms. The maximum Gasteiger partial charge on any atom is 0.293 e. The highest BCUT2D eigenvalue weighted by atomic mass is 35.5. The molecule has 3 aromatic rings. The Morgan fingerprint density at radius 2 is 1.61 bits per heavy atom. The Balaban J connectivity index is 1.42. The molecular weight excluding hydrogens is 437 g/mol. The molecule has 7 heteroatoms. The van der Waals surface area contributed by atoms with Gasteiger partial charge in [-0.1, -0.05) is 60.1 Å². The molecule has 1 aliphatic heterocycles. The average molecular weight is 454 g/mol. The fraction of sp³-hybridized carbons (Fsp3) is 0.0833. The Labute approximate surface area is 188 Å². The van der Waals surface area contributed by atoms with Crippen molar-refractivity contribution in [3.63, 3.8) is 0 Å². The van der Waals surface area contributed by atoms with E-state index < -0.39 is 0 Å². The largest absolute Gasteiger partial charge is 0.489 e. The van der Waals surface area contributed by atoms with Crippen molar-refractivity contribution in [2.75, 3.05) is 0 Å². The molecule has 0 unspecified atom stereocenters. The highest BCUT2D eigenvalue weighted by molar-refractivity contribution is 8.18. The van der Waals surface area contributed by atoms with Gasteiger partial charge in [0.15, 0.2) is 0 Å². The van der Waals surface area contributed by atoms with Gasteiger partial charge in [0.2, 0.25) is 0 Å². The minimum atomic E-state index is -0.352. The lowest BCUT2D eigenvalue weighted by Gasteiger charge is -2.13. The van der Waals surface area contributed by atoms with E-state index in [0.717, 1.165) is 17.3 Å². The molecule has 1 saturated heterocycles. The SMILES string of the molecule is O=C1S/C(=C/c2ccc(OCc3ccccc3F)cc2)C(=O)N1Cc1ccccc1Cl. The van der Waals surface area contributed by atoms with Crippen LogP contribution in [0.2, 0.25) is 5.02 Å². The number of carbonyl (C=O) groups is 2. The van der Waals surface area contributed by atoms with E-state index >= 15 is 0 Å². The molecule has 156 valence electrons. The third-order valence-electron chi connectivity index (χ3n) is 4.69. The summed E-state index contributed by atoms with van der Waals surface area (Å²) in [6, 6.07) is 20.6. The third-order valence-corrected chi connectivity index (χ3v) is 5.97. The van der Waals surface area contributed by atoms with Gasteiger partial charge in [-0.15, -0.1) is 0 Å². The lowest BCUT2D eigenvalue weighted by Crippen LogP contribution is -2.27. The number of thioether (sulfide) groups is 1. The molecule has 0 N–H and O–H groups in total. The first-order valence-electron chi connectivity index (χ1n) is 9.46. The third kappa shape index (κ3) is 4.98. The van der Waals surface area contributed by atoms with E-state index in [1.165, 1.54) is 11.0 Å². The zero-order chi connectivity index (χ0) is 21.8. The number of ether oxygens (including phenoxy) is 1. The summed E-state index contributed by atoms with van der Waals surface area (Å²) in [5, 5.41) is 0.178. The van der Waals surface area contributed by atoms with Crippen LogP contribution in [0.25, 0.3) is 6.08 Å². The van der Waals surface area contributed by atoms with Gasteiger partial charge in [-0.05, 0) is 53.2 Å². The molecule has 4 nitrogen and oxygen atoms in total. The fourth-order valence-electron chi connectivity index (χ4n) is 3.02. The summed E-state index contributed by atoms with van der Waals surface area (Å²) >= 11 is 7.05.